The van der Waals surface area contributed by atoms with Crippen molar-refractivity contribution < 1.29 is 29.0 Å². The molecule has 42 heavy (non-hydrogen) atoms. The second-order valence-corrected chi connectivity index (χ2v) is 12.1. The van der Waals surface area contributed by atoms with Crippen LogP contribution >= 0.6 is 11.3 Å². The maximum atomic E-state index is 13.6. The van der Waals surface area contributed by atoms with Gasteiger partial charge in [-0.25, -0.2) is 9.78 Å². The smallest absolute Gasteiger partial charge is 0.350 e. The van der Waals surface area contributed by atoms with Gasteiger partial charge < -0.3 is 14.6 Å². The Morgan fingerprint density at radius 1 is 1.05 bits per heavy atom. The maximum Gasteiger partial charge on any atom is 0.350 e. The van der Waals surface area contributed by atoms with E-state index in [0.717, 1.165) is 29.7 Å². The minimum Gasteiger partial charge on any atom is -0.507 e. The van der Waals surface area contributed by atoms with Crippen molar-refractivity contribution in [2.45, 2.75) is 66.3 Å². The van der Waals surface area contributed by atoms with Crippen molar-refractivity contribution in [2.75, 3.05) is 18.1 Å². The summed E-state index contributed by atoms with van der Waals surface area (Å²) in [7, 11) is 0. The van der Waals surface area contributed by atoms with E-state index in [-0.39, 0.29) is 39.8 Å². The Hall–Kier alpha value is -3.98. The zero-order chi connectivity index (χ0) is 30.6. The van der Waals surface area contributed by atoms with E-state index in [1.165, 1.54) is 4.90 Å². The maximum absolute atomic E-state index is 13.6. The Balaban J connectivity index is 1.79. The van der Waals surface area contributed by atoms with Gasteiger partial charge >= 0.3 is 11.9 Å². The molecule has 4 rings (SSSR count). The average molecular weight is 591 g/mol. The fourth-order valence-electron chi connectivity index (χ4n) is 4.59. The molecule has 8 nitrogen and oxygen atoms in total. The van der Waals surface area contributed by atoms with E-state index in [0.29, 0.717) is 29.2 Å². The molecular weight excluding hydrogens is 552 g/mol. The van der Waals surface area contributed by atoms with Crippen molar-refractivity contribution in [1.82, 2.24) is 4.98 Å². The predicted octanol–water partition coefficient (Wildman–Crippen LogP) is 7.19. The van der Waals surface area contributed by atoms with E-state index in [9.17, 15) is 19.5 Å². The van der Waals surface area contributed by atoms with Crippen LogP contribution in [0.1, 0.15) is 91.5 Å². The van der Waals surface area contributed by atoms with Gasteiger partial charge in [-0.2, -0.15) is 0 Å². The Bertz CT molecular complexity index is 1470. The van der Waals surface area contributed by atoms with Crippen LogP contribution in [0.3, 0.4) is 0 Å². The van der Waals surface area contributed by atoms with Gasteiger partial charge in [0.1, 0.15) is 16.4 Å². The van der Waals surface area contributed by atoms with Crippen LogP contribution in [-0.4, -0.2) is 41.0 Å². The van der Waals surface area contributed by atoms with Crippen LogP contribution in [0.5, 0.6) is 5.75 Å². The molecule has 1 atom stereocenters. The van der Waals surface area contributed by atoms with Gasteiger partial charge in [-0.1, -0.05) is 76.6 Å². The van der Waals surface area contributed by atoms with E-state index >= 15 is 0 Å². The molecule has 0 bridgehead atoms. The van der Waals surface area contributed by atoms with Gasteiger partial charge in [0.25, 0.3) is 5.78 Å². The molecule has 0 radical (unpaired) electrons. The van der Waals surface area contributed by atoms with Crippen LogP contribution in [0.25, 0.3) is 5.76 Å². The number of aromatic nitrogens is 1. The summed E-state index contributed by atoms with van der Waals surface area (Å²) in [4.78, 5) is 46.0. The first-order valence-electron chi connectivity index (χ1n) is 14.3. The number of aliphatic hydroxyl groups is 1. The number of thiazole rings is 1. The Labute approximate surface area is 251 Å². The number of rotatable bonds is 11. The van der Waals surface area contributed by atoms with Crippen molar-refractivity contribution in [2.24, 2.45) is 5.92 Å². The largest absolute Gasteiger partial charge is 0.507 e. The first-order valence-corrected chi connectivity index (χ1v) is 15.1. The summed E-state index contributed by atoms with van der Waals surface area (Å²) in [5.41, 5.74) is 2.46. The predicted molar refractivity (Wildman–Crippen MR) is 164 cm³/mol. The molecule has 2 heterocycles. The molecule has 1 saturated heterocycles. The van der Waals surface area contributed by atoms with Gasteiger partial charge in [-0.05, 0) is 60.6 Å². The van der Waals surface area contributed by atoms with E-state index in [1.54, 1.807) is 31.2 Å². The van der Waals surface area contributed by atoms with Gasteiger partial charge in [0.2, 0.25) is 0 Å². The highest BCUT2D eigenvalue weighted by Crippen LogP contribution is 2.44. The first-order chi connectivity index (χ1) is 20.0. The van der Waals surface area contributed by atoms with Gasteiger partial charge in [0.05, 0.1) is 30.5 Å². The lowest BCUT2D eigenvalue weighted by Crippen LogP contribution is -2.29. The Morgan fingerprint density at radius 3 is 2.31 bits per heavy atom. The molecule has 3 aromatic rings. The summed E-state index contributed by atoms with van der Waals surface area (Å²) >= 11 is 0.996. The zero-order valence-electron chi connectivity index (χ0n) is 25.0. The van der Waals surface area contributed by atoms with Crippen LogP contribution in [0.4, 0.5) is 5.13 Å². The molecule has 1 unspecified atom stereocenters. The number of unbranched alkanes of at least 4 members (excludes halogenated alkanes) is 1. The molecule has 1 fully saturated rings. The Morgan fingerprint density at radius 2 is 1.71 bits per heavy atom. The molecule has 0 saturated carbocycles. The molecule has 0 spiro atoms. The fraction of sp³-hybridized carbons (Fsp3) is 0.394. The highest BCUT2D eigenvalue weighted by atomic mass is 32.1. The lowest BCUT2D eigenvalue weighted by molar-refractivity contribution is -0.132. The number of benzene rings is 2. The molecule has 1 aliphatic heterocycles. The number of esters is 1. The summed E-state index contributed by atoms with van der Waals surface area (Å²) in [6, 6.07) is 13.5. The number of anilines is 1. The van der Waals surface area contributed by atoms with E-state index in [4.69, 9.17) is 9.47 Å². The highest BCUT2D eigenvalue weighted by molar-refractivity contribution is 7.17. The summed E-state index contributed by atoms with van der Waals surface area (Å²) in [6.45, 7) is 12.6. The molecule has 222 valence electrons. The number of Topliss-reactive ketones (excluding diaryl/α,β-unsaturated/α-hetero) is 1. The van der Waals surface area contributed by atoms with Gasteiger partial charge in [0, 0.05) is 5.56 Å². The number of carbonyl (C=O) groups is 3. The number of carbonyl (C=O) groups excluding carboxylic acids is 3. The van der Waals surface area contributed by atoms with Crippen molar-refractivity contribution in [3.63, 3.8) is 0 Å². The zero-order valence-corrected chi connectivity index (χ0v) is 25.8. The van der Waals surface area contributed by atoms with Gasteiger partial charge in [0.15, 0.2) is 5.13 Å². The summed E-state index contributed by atoms with van der Waals surface area (Å²) in [6.07, 6.45) is 1.94. The van der Waals surface area contributed by atoms with Crippen LogP contribution in [0.2, 0.25) is 0 Å². The molecule has 0 aliphatic carbocycles. The standard InChI is InChI=1S/C33H38N2O6S/c1-7-8-17-40-25-15-13-24(14-16-25)28(36)26-27(23-11-9-22(10-12-23)20(4)5)35(31(38)29(26)37)33-34-21(6)30(42-33)32(39)41-18-19(2)3/h9-16,19-20,27,36H,7-8,17-18H2,1-6H3/b28-26-. The topological polar surface area (TPSA) is 106 Å². The van der Waals surface area contributed by atoms with Crippen molar-refractivity contribution >= 4 is 39.9 Å². The number of aliphatic hydroxyl groups excluding tert-OH is 1. The third-order valence-corrected chi connectivity index (χ3v) is 8.12. The van der Waals surface area contributed by atoms with E-state index in [1.807, 2.05) is 38.1 Å². The minimum atomic E-state index is -0.947. The lowest BCUT2D eigenvalue weighted by atomic mass is 9.93. The van der Waals surface area contributed by atoms with E-state index in [2.05, 4.69) is 25.8 Å². The lowest BCUT2D eigenvalue weighted by Gasteiger charge is -2.23. The highest BCUT2D eigenvalue weighted by Gasteiger charge is 2.48. The van der Waals surface area contributed by atoms with Crippen LogP contribution < -0.4 is 9.64 Å². The molecule has 9 heteroatoms. The van der Waals surface area contributed by atoms with Crippen molar-refractivity contribution in [1.29, 1.82) is 0 Å². The number of nitrogens with zero attached hydrogens (tertiary/aromatic N) is 2. The number of hydrogen-bond donors (Lipinski definition) is 1. The Kier molecular flexibility index (Phi) is 9.83. The van der Waals surface area contributed by atoms with Gasteiger partial charge in [-0.15, -0.1) is 0 Å². The molecule has 2 aromatic carbocycles. The van der Waals surface area contributed by atoms with Crippen LogP contribution in [0, 0.1) is 12.8 Å². The minimum absolute atomic E-state index is 0.0475. The molecular formula is C33H38N2O6S. The number of amides is 1. The fourth-order valence-corrected chi connectivity index (χ4v) is 5.58. The molecule has 1 aliphatic rings. The van der Waals surface area contributed by atoms with Crippen molar-refractivity contribution in [3.8, 4) is 5.75 Å². The monoisotopic (exact) mass is 590 g/mol. The second kappa shape index (κ2) is 13.3. The second-order valence-electron chi connectivity index (χ2n) is 11.1. The SMILES string of the molecule is CCCCOc1ccc(/C(O)=C2/C(=O)C(=O)N(c3nc(C)c(C(=O)OCC(C)C)s3)C2c2ccc(C(C)C)cc2)cc1. The number of aryl methyl sites for hydroxylation is 1. The molecule has 1 N–H and O–H groups in total. The quantitative estimate of drug-likeness (QED) is 0.0828. The molecule has 1 aromatic heterocycles. The van der Waals surface area contributed by atoms with E-state index < -0.39 is 23.7 Å². The summed E-state index contributed by atoms with van der Waals surface area (Å²) < 4.78 is 11.1. The van der Waals surface area contributed by atoms with Crippen molar-refractivity contribution in [3.05, 3.63) is 81.4 Å². The molecule has 1 amide bonds. The number of ketones is 1. The van der Waals surface area contributed by atoms with Crippen LogP contribution in [-0.2, 0) is 14.3 Å². The number of hydrogen-bond acceptors (Lipinski definition) is 8. The summed E-state index contributed by atoms with van der Waals surface area (Å²) in [5, 5.41) is 11.7. The van der Waals surface area contributed by atoms with Crippen LogP contribution in [0.15, 0.2) is 54.1 Å². The normalized spacial score (nSPS) is 16.5. The summed E-state index contributed by atoms with van der Waals surface area (Å²) in [5.74, 6) is -1.39. The first kappa shape index (κ1) is 31.0. The average Bonchev–Trinajstić information content (AvgIpc) is 3.48. The third-order valence-electron chi connectivity index (χ3n) is 6.98. The third kappa shape index (κ3) is 6.57. The van der Waals surface area contributed by atoms with Gasteiger partial charge in [-0.3, -0.25) is 14.5 Å². The number of ether oxygens (including phenoxy) is 2.